The summed E-state index contributed by atoms with van der Waals surface area (Å²) in [5, 5.41) is 0. The molecule has 0 bridgehead atoms. The number of H-pyrrole nitrogens is 1. The van der Waals surface area contributed by atoms with E-state index in [-0.39, 0.29) is 5.91 Å². The number of hydrogen-bond acceptors (Lipinski definition) is 3. The molecule has 1 aromatic carbocycles. The zero-order valence-corrected chi connectivity index (χ0v) is 16.2. The van der Waals surface area contributed by atoms with E-state index in [1.54, 1.807) is 12.3 Å². The lowest BCUT2D eigenvalue weighted by Gasteiger charge is -2.17. The van der Waals surface area contributed by atoms with Gasteiger partial charge in [-0.25, -0.2) is 9.97 Å². The Bertz CT molecular complexity index is 958. The van der Waals surface area contributed by atoms with Crippen molar-refractivity contribution in [1.29, 1.82) is 0 Å². The number of aromatic nitrogens is 3. The van der Waals surface area contributed by atoms with Gasteiger partial charge < -0.3 is 9.88 Å². The molecule has 140 valence electrons. The molecule has 0 spiro atoms. The Labute approximate surface area is 159 Å². The summed E-state index contributed by atoms with van der Waals surface area (Å²) >= 11 is 0. The van der Waals surface area contributed by atoms with Gasteiger partial charge in [-0.15, -0.1) is 0 Å². The number of nitrogens with zero attached hydrogens (tertiary/aromatic N) is 3. The number of nitrogens with one attached hydrogen (secondary N) is 1. The van der Waals surface area contributed by atoms with Gasteiger partial charge in [-0.2, -0.15) is 0 Å². The number of carbonyl (C=O) groups is 1. The first-order valence-corrected chi connectivity index (χ1v) is 9.70. The molecule has 0 aliphatic carbocycles. The third kappa shape index (κ3) is 3.59. The molecular weight excluding hydrogens is 336 g/mol. The predicted octanol–water partition coefficient (Wildman–Crippen LogP) is 4.09. The van der Waals surface area contributed by atoms with Crippen LogP contribution in [0.4, 0.5) is 0 Å². The maximum absolute atomic E-state index is 13.0. The second kappa shape index (κ2) is 7.14. The summed E-state index contributed by atoms with van der Waals surface area (Å²) in [6.07, 6.45) is 3.74. The van der Waals surface area contributed by atoms with Gasteiger partial charge in [0.15, 0.2) is 5.65 Å². The van der Waals surface area contributed by atoms with Crippen LogP contribution in [0.5, 0.6) is 0 Å². The fourth-order valence-electron chi connectivity index (χ4n) is 3.93. The van der Waals surface area contributed by atoms with Gasteiger partial charge in [0.25, 0.3) is 5.91 Å². The summed E-state index contributed by atoms with van der Waals surface area (Å²) in [7, 11) is 0. The summed E-state index contributed by atoms with van der Waals surface area (Å²) in [4.78, 5) is 26.8. The van der Waals surface area contributed by atoms with Crippen molar-refractivity contribution in [3.8, 4) is 0 Å². The lowest BCUT2D eigenvalue weighted by atomic mass is 9.96. The first-order valence-electron chi connectivity index (χ1n) is 9.70. The van der Waals surface area contributed by atoms with Crippen LogP contribution in [0.2, 0.25) is 0 Å². The summed E-state index contributed by atoms with van der Waals surface area (Å²) < 4.78 is 0. The highest BCUT2D eigenvalue weighted by Crippen LogP contribution is 2.25. The molecule has 1 unspecified atom stereocenters. The zero-order valence-electron chi connectivity index (χ0n) is 16.2. The Morgan fingerprint density at radius 1 is 1.26 bits per heavy atom. The number of aromatic amines is 1. The van der Waals surface area contributed by atoms with E-state index in [4.69, 9.17) is 0 Å². The van der Waals surface area contributed by atoms with E-state index in [9.17, 15) is 4.79 Å². The summed E-state index contributed by atoms with van der Waals surface area (Å²) in [5.41, 5.74) is 4.75. The number of benzene rings is 1. The van der Waals surface area contributed by atoms with Crippen LogP contribution in [-0.2, 0) is 6.42 Å². The normalized spacial score (nSPS) is 17.2. The van der Waals surface area contributed by atoms with Crippen molar-refractivity contribution in [2.24, 2.45) is 5.92 Å². The van der Waals surface area contributed by atoms with Crippen LogP contribution in [0.25, 0.3) is 11.2 Å². The van der Waals surface area contributed by atoms with E-state index in [0.717, 1.165) is 37.3 Å². The van der Waals surface area contributed by atoms with Gasteiger partial charge in [0.05, 0.1) is 11.1 Å². The van der Waals surface area contributed by atoms with E-state index in [2.05, 4.69) is 53.1 Å². The monoisotopic (exact) mass is 362 g/mol. The van der Waals surface area contributed by atoms with Crippen molar-refractivity contribution in [2.75, 3.05) is 13.1 Å². The van der Waals surface area contributed by atoms with Crippen LogP contribution in [0.15, 0.2) is 36.5 Å². The molecule has 3 aromatic rings. The largest absolute Gasteiger partial charge is 0.340 e. The number of carbonyl (C=O) groups excluding carboxylic acids is 1. The minimum absolute atomic E-state index is 0.0729. The van der Waals surface area contributed by atoms with Gasteiger partial charge >= 0.3 is 0 Å². The third-order valence-corrected chi connectivity index (χ3v) is 5.48. The molecule has 4 rings (SSSR count). The van der Waals surface area contributed by atoms with E-state index in [1.807, 2.05) is 11.8 Å². The molecule has 2 aromatic heterocycles. The highest BCUT2D eigenvalue weighted by molar-refractivity contribution is 6.04. The van der Waals surface area contributed by atoms with Crippen LogP contribution in [-0.4, -0.2) is 38.8 Å². The van der Waals surface area contributed by atoms with E-state index >= 15 is 0 Å². The summed E-state index contributed by atoms with van der Waals surface area (Å²) in [5.74, 6) is 1.92. The molecule has 1 amide bonds. The minimum atomic E-state index is 0.0729. The Morgan fingerprint density at radius 2 is 2.04 bits per heavy atom. The second-order valence-electron chi connectivity index (χ2n) is 7.89. The second-order valence-corrected chi connectivity index (χ2v) is 7.89. The Hall–Kier alpha value is -2.69. The first kappa shape index (κ1) is 17.7. The van der Waals surface area contributed by atoms with Crippen LogP contribution < -0.4 is 0 Å². The molecule has 1 fully saturated rings. The van der Waals surface area contributed by atoms with Gasteiger partial charge in [0.1, 0.15) is 5.82 Å². The first-order chi connectivity index (χ1) is 13.0. The van der Waals surface area contributed by atoms with Crippen LogP contribution in [0, 0.1) is 12.8 Å². The number of imidazole rings is 1. The lowest BCUT2D eigenvalue weighted by molar-refractivity contribution is 0.0789. The molecule has 27 heavy (non-hydrogen) atoms. The van der Waals surface area contributed by atoms with Gasteiger partial charge in [0.2, 0.25) is 0 Å². The minimum Gasteiger partial charge on any atom is -0.340 e. The molecule has 1 saturated heterocycles. The molecule has 3 heterocycles. The van der Waals surface area contributed by atoms with E-state index in [0.29, 0.717) is 23.0 Å². The lowest BCUT2D eigenvalue weighted by Crippen LogP contribution is -2.29. The molecule has 1 aliphatic rings. The van der Waals surface area contributed by atoms with Crippen molar-refractivity contribution in [3.63, 3.8) is 0 Å². The number of likely N-dealkylation sites (tertiary alicyclic amines) is 1. The average Bonchev–Trinajstić information content (AvgIpc) is 3.26. The third-order valence-electron chi connectivity index (χ3n) is 5.48. The molecule has 0 saturated carbocycles. The molecule has 1 atom stereocenters. The molecular formula is C22H26N4O. The van der Waals surface area contributed by atoms with Crippen molar-refractivity contribution >= 4 is 17.1 Å². The van der Waals surface area contributed by atoms with E-state index < -0.39 is 0 Å². The number of amides is 1. The maximum Gasteiger partial charge on any atom is 0.256 e. The predicted molar refractivity (Wildman–Crippen MR) is 107 cm³/mol. The summed E-state index contributed by atoms with van der Waals surface area (Å²) in [6, 6.07) is 10.7. The molecule has 0 radical (unpaired) electrons. The standard InChI is InChI=1S/C22H26N4O/c1-14(2)18-6-4-16(5-7-18)12-17-9-11-26(13-17)22(27)19-8-10-23-21-20(19)24-15(3)25-21/h4-8,10,14,17H,9,11-13H2,1-3H3,(H,23,24,25). The van der Waals surface area contributed by atoms with Gasteiger partial charge in [-0.1, -0.05) is 38.1 Å². The van der Waals surface area contributed by atoms with Crippen LogP contribution in [0.3, 0.4) is 0 Å². The molecule has 5 heteroatoms. The number of rotatable bonds is 4. The Kier molecular flexibility index (Phi) is 4.68. The smallest absolute Gasteiger partial charge is 0.256 e. The number of pyridine rings is 1. The van der Waals surface area contributed by atoms with Crippen molar-refractivity contribution in [3.05, 3.63) is 59.0 Å². The van der Waals surface area contributed by atoms with E-state index in [1.165, 1.54) is 11.1 Å². The molecule has 1 aliphatic heterocycles. The number of aryl methyl sites for hydroxylation is 1. The molecule has 5 nitrogen and oxygen atoms in total. The number of fused-ring (bicyclic) bond motifs is 1. The average molecular weight is 362 g/mol. The maximum atomic E-state index is 13.0. The quantitative estimate of drug-likeness (QED) is 0.760. The highest BCUT2D eigenvalue weighted by atomic mass is 16.2. The van der Waals surface area contributed by atoms with Crippen LogP contribution >= 0.6 is 0 Å². The Morgan fingerprint density at radius 3 is 2.78 bits per heavy atom. The van der Waals surface area contributed by atoms with Crippen molar-refractivity contribution < 1.29 is 4.79 Å². The van der Waals surface area contributed by atoms with Crippen LogP contribution in [0.1, 0.15) is 53.5 Å². The van der Waals surface area contributed by atoms with Crippen molar-refractivity contribution in [1.82, 2.24) is 19.9 Å². The SMILES string of the molecule is Cc1nc2nccc(C(=O)N3CCC(Cc4ccc(C(C)C)cc4)C3)c2[nH]1. The highest BCUT2D eigenvalue weighted by Gasteiger charge is 2.28. The summed E-state index contributed by atoms with van der Waals surface area (Å²) in [6.45, 7) is 7.93. The van der Waals surface area contributed by atoms with Gasteiger partial charge in [-0.3, -0.25) is 4.79 Å². The number of hydrogen-bond donors (Lipinski definition) is 1. The van der Waals surface area contributed by atoms with Crippen molar-refractivity contribution in [2.45, 2.75) is 39.5 Å². The fraction of sp³-hybridized carbons (Fsp3) is 0.409. The Balaban J connectivity index is 1.45. The zero-order chi connectivity index (χ0) is 19.0. The fourth-order valence-corrected chi connectivity index (χ4v) is 3.93. The molecule has 1 N–H and O–H groups in total. The van der Waals surface area contributed by atoms with Gasteiger partial charge in [0, 0.05) is 19.3 Å². The van der Waals surface area contributed by atoms with Gasteiger partial charge in [-0.05, 0) is 48.8 Å². The topological polar surface area (TPSA) is 61.9 Å².